The Balaban J connectivity index is 1.56. The summed E-state index contributed by atoms with van der Waals surface area (Å²) in [6, 6.07) is 9.72. The lowest BCUT2D eigenvalue weighted by Crippen LogP contribution is -2.07. The van der Waals surface area contributed by atoms with E-state index in [4.69, 9.17) is 0 Å². The number of amides is 1. The summed E-state index contributed by atoms with van der Waals surface area (Å²) in [6.45, 7) is 3.15. The zero-order valence-corrected chi connectivity index (χ0v) is 17.6. The largest absolute Gasteiger partial charge is 0.360 e. The number of carbonyl (C=O) groups is 1. The van der Waals surface area contributed by atoms with Gasteiger partial charge in [0.1, 0.15) is 0 Å². The van der Waals surface area contributed by atoms with Crippen LogP contribution in [-0.2, 0) is 4.79 Å². The number of benzene rings is 1. The van der Waals surface area contributed by atoms with E-state index >= 15 is 0 Å². The van der Waals surface area contributed by atoms with Crippen molar-refractivity contribution in [1.29, 1.82) is 0 Å². The fourth-order valence-electron chi connectivity index (χ4n) is 2.86. The molecule has 6 heteroatoms. The molecule has 2 aromatic rings. The van der Waals surface area contributed by atoms with E-state index < -0.39 is 0 Å². The van der Waals surface area contributed by atoms with Crippen LogP contribution in [0.1, 0.15) is 70.3 Å². The van der Waals surface area contributed by atoms with Gasteiger partial charge < -0.3 is 5.32 Å². The van der Waals surface area contributed by atoms with Crippen molar-refractivity contribution in [1.82, 2.24) is 10.2 Å². The molecule has 0 saturated carbocycles. The van der Waals surface area contributed by atoms with Crippen LogP contribution in [0.2, 0.25) is 0 Å². The average Bonchev–Trinajstić information content (AvgIpc) is 3.16. The molecule has 0 aliphatic carbocycles. The quantitative estimate of drug-likeness (QED) is 0.295. The van der Waals surface area contributed by atoms with Gasteiger partial charge in [-0.2, -0.15) is 0 Å². The Hall–Kier alpha value is -2.21. The number of carbonyl (C=O) groups excluding carboxylic acids is 1. The van der Waals surface area contributed by atoms with Gasteiger partial charge in [0.25, 0.3) is 0 Å². The molecule has 0 aliphatic rings. The Labute approximate surface area is 172 Å². The number of anilines is 2. The zero-order chi connectivity index (χ0) is 19.9. The molecule has 0 unspecified atom stereocenters. The Kier molecular flexibility index (Phi) is 10.9. The van der Waals surface area contributed by atoms with Crippen molar-refractivity contribution in [2.75, 3.05) is 17.2 Å². The van der Waals surface area contributed by atoms with Crippen molar-refractivity contribution in [2.24, 2.45) is 0 Å². The number of rotatable bonds is 14. The summed E-state index contributed by atoms with van der Waals surface area (Å²) in [5.41, 5.74) is 0.984. The summed E-state index contributed by atoms with van der Waals surface area (Å²) >= 11 is 1.36. The first-order valence-corrected chi connectivity index (χ1v) is 11.2. The lowest BCUT2D eigenvalue weighted by molar-refractivity contribution is -0.111. The van der Waals surface area contributed by atoms with E-state index in [0.29, 0.717) is 5.13 Å². The summed E-state index contributed by atoms with van der Waals surface area (Å²) in [6.07, 6.45) is 15.1. The normalized spacial score (nSPS) is 11.0. The van der Waals surface area contributed by atoms with Crippen LogP contribution in [0.25, 0.3) is 6.08 Å². The van der Waals surface area contributed by atoms with Crippen molar-refractivity contribution in [3.63, 3.8) is 0 Å². The van der Waals surface area contributed by atoms with Crippen LogP contribution in [0.5, 0.6) is 0 Å². The molecule has 0 spiro atoms. The van der Waals surface area contributed by atoms with Gasteiger partial charge in [-0.1, -0.05) is 100.0 Å². The molecule has 0 fully saturated rings. The molecule has 0 atom stereocenters. The SMILES string of the molecule is CCCCCCCCCCCNc1nnc(NC(=O)/C=C/c2ccccc2)s1. The number of aromatic nitrogens is 2. The fraction of sp³-hybridized carbons (Fsp3) is 0.500. The van der Waals surface area contributed by atoms with Gasteiger partial charge in [0.15, 0.2) is 0 Å². The topological polar surface area (TPSA) is 66.9 Å². The van der Waals surface area contributed by atoms with E-state index in [1.165, 1.54) is 68.8 Å². The van der Waals surface area contributed by atoms with Crippen molar-refractivity contribution >= 4 is 33.6 Å². The highest BCUT2D eigenvalue weighted by Gasteiger charge is 2.05. The second kappa shape index (κ2) is 13.9. The molecular formula is C22H32N4OS. The van der Waals surface area contributed by atoms with Crippen LogP contribution in [-0.4, -0.2) is 22.6 Å². The van der Waals surface area contributed by atoms with Crippen LogP contribution in [0.4, 0.5) is 10.3 Å². The number of nitrogens with one attached hydrogen (secondary N) is 2. The Morgan fingerprint density at radius 1 is 0.929 bits per heavy atom. The van der Waals surface area contributed by atoms with Gasteiger partial charge in [-0.05, 0) is 18.1 Å². The average molecular weight is 401 g/mol. The van der Waals surface area contributed by atoms with Gasteiger partial charge in [-0.15, -0.1) is 10.2 Å². The standard InChI is InChI=1S/C22H32N4OS/c1-2-3-4-5-6-7-8-9-13-18-23-21-25-26-22(28-21)24-20(27)17-16-19-14-11-10-12-15-19/h10-12,14-17H,2-9,13,18H2,1H3,(H,23,25)(H,24,26,27)/b17-16+. The summed E-state index contributed by atoms with van der Waals surface area (Å²) in [4.78, 5) is 12.0. The maximum Gasteiger partial charge on any atom is 0.250 e. The Bertz CT molecular complexity index is 700. The first-order valence-electron chi connectivity index (χ1n) is 10.4. The van der Waals surface area contributed by atoms with E-state index in [1.807, 2.05) is 30.3 Å². The highest BCUT2D eigenvalue weighted by Crippen LogP contribution is 2.20. The zero-order valence-electron chi connectivity index (χ0n) is 16.8. The predicted molar refractivity (Wildman–Crippen MR) is 120 cm³/mol. The number of nitrogens with zero attached hydrogens (tertiary/aromatic N) is 2. The first kappa shape index (κ1) is 22.1. The van der Waals surface area contributed by atoms with Crippen LogP contribution in [0.15, 0.2) is 36.4 Å². The molecule has 0 aliphatic heterocycles. The Morgan fingerprint density at radius 2 is 1.57 bits per heavy atom. The highest BCUT2D eigenvalue weighted by molar-refractivity contribution is 7.19. The molecule has 1 heterocycles. The highest BCUT2D eigenvalue weighted by atomic mass is 32.1. The molecule has 1 amide bonds. The predicted octanol–water partition coefficient (Wildman–Crippen LogP) is 6.13. The lowest BCUT2D eigenvalue weighted by atomic mass is 10.1. The first-order chi connectivity index (χ1) is 13.8. The van der Waals surface area contributed by atoms with Gasteiger partial charge >= 0.3 is 0 Å². The van der Waals surface area contributed by atoms with Crippen LogP contribution in [0.3, 0.4) is 0 Å². The minimum Gasteiger partial charge on any atom is -0.360 e. The molecule has 2 rings (SSSR count). The molecule has 0 radical (unpaired) electrons. The summed E-state index contributed by atoms with van der Waals surface area (Å²) in [7, 11) is 0. The summed E-state index contributed by atoms with van der Waals surface area (Å²) < 4.78 is 0. The number of hydrogen-bond donors (Lipinski definition) is 2. The third kappa shape index (κ3) is 9.65. The maximum atomic E-state index is 12.0. The minimum atomic E-state index is -0.203. The monoisotopic (exact) mass is 400 g/mol. The number of unbranched alkanes of at least 4 members (excludes halogenated alkanes) is 8. The van der Waals surface area contributed by atoms with Gasteiger partial charge in [0.2, 0.25) is 16.2 Å². The van der Waals surface area contributed by atoms with Crippen molar-refractivity contribution in [3.8, 4) is 0 Å². The molecular weight excluding hydrogens is 368 g/mol. The molecule has 1 aromatic heterocycles. The lowest BCUT2D eigenvalue weighted by Gasteiger charge is -2.03. The summed E-state index contributed by atoms with van der Waals surface area (Å²) in [5, 5.41) is 15.4. The molecule has 0 bridgehead atoms. The van der Waals surface area contributed by atoms with E-state index in [-0.39, 0.29) is 5.91 Å². The molecule has 0 saturated heterocycles. The van der Waals surface area contributed by atoms with Crippen LogP contribution < -0.4 is 10.6 Å². The van der Waals surface area contributed by atoms with Gasteiger partial charge in [0.05, 0.1) is 0 Å². The second-order valence-corrected chi connectivity index (χ2v) is 7.88. The van der Waals surface area contributed by atoms with E-state index in [1.54, 1.807) is 6.08 Å². The third-order valence-electron chi connectivity index (χ3n) is 4.44. The smallest absolute Gasteiger partial charge is 0.250 e. The van der Waals surface area contributed by atoms with E-state index in [2.05, 4.69) is 27.8 Å². The molecule has 28 heavy (non-hydrogen) atoms. The van der Waals surface area contributed by atoms with Crippen molar-refractivity contribution in [3.05, 3.63) is 42.0 Å². The minimum absolute atomic E-state index is 0.203. The fourth-order valence-corrected chi connectivity index (χ4v) is 3.53. The summed E-state index contributed by atoms with van der Waals surface area (Å²) in [5.74, 6) is -0.203. The molecule has 5 nitrogen and oxygen atoms in total. The number of hydrogen-bond acceptors (Lipinski definition) is 5. The third-order valence-corrected chi connectivity index (χ3v) is 5.23. The molecule has 1 aromatic carbocycles. The van der Waals surface area contributed by atoms with Crippen LogP contribution >= 0.6 is 11.3 Å². The van der Waals surface area contributed by atoms with Gasteiger partial charge in [-0.25, -0.2) is 0 Å². The van der Waals surface area contributed by atoms with Crippen molar-refractivity contribution in [2.45, 2.75) is 64.7 Å². The van der Waals surface area contributed by atoms with Crippen molar-refractivity contribution < 1.29 is 4.79 Å². The molecule has 2 N–H and O–H groups in total. The Morgan fingerprint density at radius 3 is 2.29 bits per heavy atom. The second-order valence-electron chi connectivity index (χ2n) is 6.90. The molecule has 152 valence electrons. The van der Waals surface area contributed by atoms with E-state index in [9.17, 15) is 4.79 Å². The van der Waals surface area contributed by atoms with Crippen LogP contribution in [0, 0.1) is 0 Å². The van der Waals surface area contributed by atoms with Gasteiger partial charge in [-0.3, -0.25) is 10.1 Å². The van der Waals surface area contributed by atoms with Gasteiger partial charge in [0, 0.05) is 12.6 Å². The van der Waals surface area contributed by atoms with E-state index in [0.717, 1.165) is 23.7 Å². The maximum absolute atomic E-state index is 12.0.